The van der Waals surface area contributed by atoms with Gasteiger partial charge in [0.2, 0.25) is 0 Å². The highest BCUT2D eigenvalue weighted by molar-refractivity contribution is 9.10. The molecule has 94 valence electrons. The van der Waals surface area contributed by atoms with Crippen molar-refractivity contribution >= 4 is 38.6 Å². The molecule has 2 heterocycles. The molecule has 0 radical (unpaired) electrons. The molecule has 1 amide bonds. The van der Waals surface area contributed by atoms with E-state index in [0.717, 1.165) is 10.9 Å². The SMILES string of the molecule is O=C(Nc1cccc(Br)n1)c1cccc2cc[nH]c12. The van der Waals surface area contributed by atoms with E-state index in [1.807, 2.05) is 30.5 Å². The van der Waals surface area contributed by atoms with Crippen LogP contribution in [-0.2, 0) is 0 Å². The molecule has 2 N–H and O–H groups in total. The highest BCUT2D eigenvalue weighted by Gasteiger charge is 2.11. The van der Waals surface area contributed by atoms with Crippen LogP contribution in [0.2, 0.25) is 0 Å². The van der Waals surface area contributed by atoms with E-state index < -0.39 is 0 Å². The van der Waals surface area contributed by atoms with E-state index >= 15 is 0 Å². The number of nitrogens with zero attached hydrogens (tertiary/aromatic N) is 1. The predicted molar refractivity (Wildman–Crippen MR) is 78.2 cm³/mol. The van der Waals surface area contributed by atoms with Crippen LogP contribution in [0, 0.1) is 0 Å². The third kappa shape index (κ3) is 2.37. The van der Waals surface area contributed by atoms with Gasteiger partial charge in [-0.15, -0.1) is 0 Å². The van der Waals surface area contributed by atoms with Crippen LogP contribution in [0.3, 0.4) is 0 Å². The summed E-state index contributed by atoms with van der Waals surface area (Å²) in [6.07, 6.45) is 1.82. The van der Waals surface area contributed by atoms with Gasteiger partial charge in [0.05, 0.1) is 11.1 Å². The van der Waals surface area contributed by atoms with Gasteiger partial charge in [-0.1, -0.05) is 18.2 Å². The number of fused-ring (bicyclic) bond motifs is 1. The number of anilines is 1. The smallest absolute Gasteiger partial charge is 0.258 e. The van der Waals surface area contributed by atoms with E-state index in [2.05, 4.69) is 31.2 Å². The number of pyridine rings is 1. The molecule has 3 rings (SSSR count). The molecular formula is C14H10BrN3O. The lowest BCUT2D eigenvalue weighted by Gasteiger charge is -2.05. The van der Waals surface area contributed by atoms with Crippen molar-refractivity contribution in [1.29, 1.82) is 0 Å². The molecule has 5 heteroatoms. The summed E-state index contributed by atoms with van der Waals surface area (Å²) in [5, 5.41) is 3.79. The Balaban J connectivity index is 1.94. The Morgan fingerprint density at radius 3 is 2.84 bits per heavy atom. The van der Waals surface area contributed by atoms with Gasteiger partial charge in [0.1, 0.15) is 10.4 Å². The van der Waals surface area contributed by atoms with Gasteiger partial charge in [-0.25, -0.2) is 4.98 Å². The highest BCUT2D eigenvalue weighted by Crippen LogP contribution is 2.18. The molecule has 3 aromatic rings. The van der Waals surface area contributed by atoms with Gasteiger partial charge in [0.15, 0.2) is 0 Å². The number of hydrogen-bond acceptors (Lipinski definition) is 2. The fraction of sp³-hybridized carbons (Fsp3) is 0. The first-order valence-corrected chi connectivity index (χ1v) is 6.53. The molecule has 0 unspecified atom stereocenters. The minimum atomic E-state index is -0.182. The van der Waals surface area contributed by atoms with Crippen LogP contribution in [0.4, 0.5) is 5.82 Å². The van der Waals surface area contributed by atoms with Crippen molar-refractivity contribution in [2.45, 2.75) is 0 Å². The Morgan fingerprint density at radius 2 is 2.00 bits per heavy atom. The molecule has 0 aliphatic heterocycles. The average Bonchev–Trinajstić information content (AvgIpc) is 2.86. The van der Waals surface area contributed by atoms with E-state index in [0.29, 0.717) is 16.0 Å². The van der Waals surface area contributed by atoms with Crippen molar-refractivity contribution in [1.82, 2.24) is 9.97 Å². The summed E-state index contributed by atoms with van der Waals surface area (Å²) in [6, 6.07) is 12.9. The number of aromatic nitrogens is 2. The third-order valence-corrected chi connectivity index (χ3v) is 3.23. The molecular weight excluding hydrogens is 306 g/mol. The van der Waals surface area contributed by atoms with Gasteiger partial charge in [-0.05, 0) is 40.2 Å². The molecule has 2 aromatic heterocycles. The number of rotatable bonds is 2. The minimum absolute atomic E-state index is 0.182. The van der Waals surface area contributed by atoms with Crippen molar-refractivity contribution in [3.8, 4) is 0 Å². The molecule has 0 saturated heterocycles. The maximum absolute atomic E-state index is 12.3. The molecule has 0 saturated carbocycles. The zero-order valence-electron chi connectivity index (χ0n) is 9.85. The molecule has 1 aromatic carbocycles. The van der Waals surface area contributed by atoms with E-state index in [-0.39, 0.29) is 5.91 Å². The second-order valence-electron chi connectivity index (χ2n) is 4.05. The molecule has 0 spiro atoms. The van der Waals surface area contributed by atoms with Crippen molar-refractivity contribution in [2.24, 2.45) is 0 Å². The lowest BCUT2D eigenvalue weighted by atomic mass is 10.1. The number of carbonyl (C=O) groups is 1. The molecule has 0 aliphatic rings. The average molecular weight is 316 g/mol. The van der Waals surface area contributed by atoms with Crippen LogP contribution in [0.25, 0.3) is 10.9 Å². The Bertz CT molecular complexity index is 751. The van der Waals surface area contributed by atoms with Crippen LogP contribution in [-0.4, -0.2) is 15.9 Å². The maximum atomic E-state index is 12.3. The first-order chi connectivity index (χ1) is 9.24. The lowest BCUT2D eigenvalue weighted by molar-refractivity contribution is 0.102. The summed E-state index contributed by atoms with van der Waals surface area (Å²) >= 11 is 3.27. The Kier molecular flexibility index (Phi) is 3.05. The number of H-pyrrole nitrogens is 1. The number of hydrogen-bond donors (Lipinski definition) is 2. The van der Waals surface area contributed by atoms with E-state index in [1.165, 1.54) is 0 Å². The van der Waals surface area contributed by atoms with Crippen molar-refractivity contribution in [3.63, 3.8) is 0 Å². The molecule has 19 heavy (non-hydrogen) atoms. The summed E-state index contributed by atoms with van der Waals surface area (Å²) in [6.45, 7) is 0. The Morgan fingerprint density at radius 1 is 1.16 bits per heavy atom. The predicted octanol–water partition coefficient (Wildman–Crippen LogP) is 3.58. The topological polar surface area (TPSA) is 57.8 Å². The number of para-hydroxylation sites is 1. The molecule has 0 aliphatic carbocycles. The number of halogens is 1. The van der Waals surface area contributed by atoms with Crippen LogP contribution < -0.4 is 5.32 Å². The van der Waals surface area contributed by atoms with Gasteiger partial charge < -0.3 is 10.3 Å². The number of carbonyl (C=O) groups excluding carboxylic acids is 1. The van der Waals surface area contributed by atoms with E-state index in [1.54, 1.807) is 18.2 Å². The first-order valence-electron chi connectivity index (χ1n) is 5.74. The largest absolute Gasteiger partial charge is 0.361 e. The molecule has 0 atom stereocenters. The van der Waals surface area contributed by atoms with Crippen molar-refractivity contribution < 1.29 is 4.79 Å². The standard InChI is InChI=1S/C14H10BrN3O/c15-11-5-2-6-12(17-11)18-14(19)10-4-1-3-9-7-8-16-13(9)10/h1-8,16H,(H,17,18,19). The second kappa shape index (κ2) is 4.85. The van der Waals surface area contributed by atoms with Gasteiger partial charge in [-0.2, -0.15) is 0 Å². The Hall–Kier alpha value is -2.14. The zero-order valence-corrected chi connectivity index (χ0v) is 11.4. The monoisotopic (exact) mass is 315 g/mol. The summed E-state index contributed by atoms with van der Waals surface area (Å²) in [5.74, 6) is 0.335. The molecule has 4 nitrogen and oxygen atoms in total. The van der Waals surface area contributed by atoms with Crippen LogP contribution in [0.5, 0.6) is 0 Å². The summed E-state index contributed by atoms with van der Waals surface area (Å²) in [7, 11) is 0. The lowest BCUT2D eigenvalue weighted by Crippen LogP contribution is -2.13. The third-order valence-electron chi connectivity index (χ3n) is 2.79. The van der Waals surface area contributed by atoms with Crippen molar-refractivity contribution in [3.05, 3.63) is 58.8 Å². The van der Waals surface area contributed by atoms with Gasteiger partial charge in [0.25, 0.3) is 5.91 Å². The summed E-state index contributed by atoms with van der Waals surface area (Å²) < 4.78 is 0.684. The molecule has 0 bridgehead atoms. The maximum Gasteiger partial charge on any atom is 0.258 e. The zero-order chi connectivity index (χ0) is 13.2. The fourth-order valence-electron chi connectivity index (χ4n) is 1.94. The number of aromatic amines is 1. The van der Waals surface area contributed by atoms with E-state index in [9.17, 15) is 4.79 Å². The van der Waals surface area contributed by atoms with Crippen LogP contribution in [0.1, 0.15) is 10.4 Å². The normalized spacial score (nSPS) is 10.6. The number of amides is 1. The summed E-state index contributed by atoms with van der Waals surface area (Å²) in [4.78, 5) is 19.5. The van der Waals surface area contributed by atoms with Gasteiger partial charge in [-0.3, -0.25) is 4.79 Å². The Labute approximate surface area is 118 Å². The second-order valence-corrected chi connectivity index (χ2v) is 4.86. The highest BCUT2D eigenvalue weighted by atomic mass is 79.9. The quantitative estimate of drug-likeness (QED) is 0.710. The molecule has 0 fully saturated rings. The minimum Gasteiger partial charge on any atom is -0.361 e. The summed E-state index contributed by atoms with van der Waals surface area (Å²) in [5.41, 5.74) is 1.43. The van der Waals surface area contributed by atoms with Crippen molar-refractivity contribution in [2.75, 3.05) is 5.32 Å². The van der Waals surface area contributed by atoms with E-state index in [4.69, 9.17) is 0 Å². The van der Waals surface area contributed by atoms with Gasteiger partial charge >= 0.3 is 0 Å². The first kappa shape index (κ1) is 11.9. The number of nitrogens with one attached hydrogen (secondary N) is 2. The van der Waals surface area contributed by atoms with Gasteiger partial charge in [0, 0.05) is 11.6 Å². The fourth-order valence-corrected chi connectivity index (χ4v) is 2.28. The van der Waals surface area contributed by atoms with Crippen LogP contribution in [0.15, 0.2) is 53.3 Å². The van der Waals surface area contributed by atoms with Crippen LogP contribution >= 0.6 is 15.9 Å². The number of benzene rings is 1.